The molecule has 1 amide bonds. The largest absolute Gasteiger partial charge is 0.494 e. The Bertz CT molecular complexity index is 412. The number of nitrogens with one attached hydrogen (secondary N) is 1. The summed E-state index contributed by atoms with van der Waals surface area (Å²) in [7, 11) is 0. The Morgan fingerprint density at radius 1 is 1.20 bits per heavy atom. The molecule has 0 unspecified atom stereocenters. The van der Waals surface area contributed by atoms with Crippen LogP contribution in [-0.2, 0) is 9.53 Å². The molecule has 1 aromatic rings. The molecular formula is C16H23NO3. The first kappa shape index (κ1) is 16.2. The molecule has 20 heavy (non-hydrogen) atoms. The minimum Gasteiger partial charge on any atom is -0.494 e. The van der Waals surface area contributed by atoms with Gasteiger partial charge >= 0.3 is 0 Å². The van der Waals surface area contributed by atoms with Gasteiger partial charge in [-0.25, -0.2) is 0 Å². The van der Waals surface area contributed by atoms with E-state index >= 15 is 0 Å². The average molecular weight is 277 g/mol. The van der Waals surface area contributed by atoms with Crippen LogP contribution < -0.4 is 10.1 Å². The minimum atomic E-state index is -0.0876. The third-order valence-electron chi connectivity index (χ3n) is 2.59. The number of benzene rings is 1. The normalized spacial score (nSPS) is 10.7. The van der Waals surface area contributed by atoms with E-state index in [9.17, 15) is 4.79 Å². The van der Waals surface area contributed by atoms with Crippen LogP contribution in [0.15, 0.2) is 30.3 Å². The molecule has 0 aliphatic heterocycles. The number of carbonyl (C=O) groups is 1. The van der Waals surface area contributed by atoms with Crippen molar-refractivity contribution in [3.8, 4) is 5.75 Å². The zero-order valence-electron chi connectivity index (χ0n) is 12.2. The molecule has 0 bridgehead atoms. The monoisotopic (exact) mass is 277 g/mol. The van der Waals surface area contributed by atoms with Crippen LogP contribution in [0, 0.1) is 0 Å². The Labute approximate surface area is 120 Å². The first-order valence-corrected chi connectivity index (χ1v) is 7.02. The molecule has 0 saturated carbocycles. The summed E-state index contributed by atoms with van der Waals surface area (Å²) in [6.45, 7) is 6.58. The molecule has 0 aliphatic rings. The lowest BCUT2D eigenvalue weighted by Crippen LogP contribution is -2.23. The van der Waals surface area contributed by atoms with Crippen molar-refractivity contribution < 1.29 is 14.3 Å². The van der Waals surface area contributed by atoms with Crippen molar-refractivity contribution in [2.24, 2.45) is 0 Å². The standard InChI is InChI=1S/C16H23NO3/c1-3-19-13-5-12-17-16(18)11-8-14-6-9-15(10-7-14)20-4-2/h6-11H,3-5,12-13H2,1-2H3,(H,17,18)/b11-8+. The maximum absolute atomic E-state index is 11.6. The highest BCUT2D eigenvalue weighted by molar-refractivity contribution is 5.91. The Morgan fingerprint density at radius 2 is 1.95 bits per heavy atom. The van der Waals surface area contributed by atoms with Crippen LogP contribution in [0.25, 0.3) is 6.08 Å². The van der Waals surface area contributed by atoms with Gasteiger partial charge in [-0.3, -0.25) is 4.79 Å². The van der Waals surface area contributed by atoms with Gasteiger partial charge in [-0.15, -0.1) is 0 Å². The topological polar surface area (TPSA) is 47.6 Å². The molecular weight excluding hydrogens is 254 g/mol. The van der Waals surface area contributed by atoms with Gasteiger partial charge in [-0.05, 0) is 44.0 Å². The van der Waals surface area contributed by atoms with Gasteiger partial charge in [0.15, 0.2) is 0 Å². The highest BCUT2D eigenvalue weighted by Crippen LogP contribution is 2.12. The van der Waals surface area contributed by atoms with Gasteiger partial charge in [0.25, 0.3) is 0 Å². The molecule has 0 fully saturated rings. The Morgan fingerprint density at radius 3 is 2.60 bits per heavy atom. The minimum absolute atomic E-state index is 0.0876. The van der Waals surface area contributed by atoms with E-state index in [0.29, 0.717) is 26.4 Å². The van der Waals surface area contributed by atoms with Crippen LogP contribution in [0.3, 0.4) is 0 Å². The highest BCUT2D eigenvalue weighted by atomic mass is 16.5. The van der Waals surface area contributed by atoms with E-state index in [1.165, 1.54) is 6.08 Å². The molecule has 4 heteroatoms. The smallest absolute Gasteiger partial charge is 0.244 e. The maximum Gasteiger partial charge on any atom is 0.244 e. The number of carbonyl (C=O) groups excluding carboxylic acids is 1. The fourth-order valence-electron chi connectivity index (χ4n) is 1.60. The SMILES string of the molecule is CCOCCCNC(=O)/C=C/c1ccc(OCC)cc1. The second kappa shape index (κ2) is 10.0. The maximum atomic E-state index is 11.6. The number of hydrogen-bond acceptors (Lipinski definition) is 3. The second-order valence-corrected chi connectivity index (χ2v) is 4.18. The van der Waals surface area contributed by atoms with Crippen molar-refractivity contribution in [1.29, 1.82) is 0 Å². The van der Waals surface area contributed by atoms with Gasteiger partial charge in [0.05, 0.1) is 6.61 Å². The molecule has 0 spiro atoms. The van der Waals surface area contributed by atoms with Gasteiger partial charge in [0, 0.05) is 25.8 Å². The molecule has 0 atom stereocenters. The number of amides is 1. The second-order valence-electron chi connectivity index (χ2n) is 4.18. The van der Waals surface area contributed by atoms with E-state index in [-0.39, 0.29) is 5.91 Å². The van der Waals surface area contributed by atoms with Gasteiger partial charge in [0.1, 0.15) is 5.75 Å². The summed E-state index contributed by atoms with van der Waals surface area (Å²) in [5, 5.41) is 2.81. The zero-order chi connectivity index (χ0) is 14.6. The van der Waals surface area contributed by atoms with Crippen molar-refractivity contribution >= 4 is 12.0 Å². The molecule has 1 rings (SSSR count). The average Bonchev–Trinajstić information content (AvgIpc) is 2.47. The van der Waals surface area contributed by atoms with Crippen molar-refractivity contribution in [3.05, 3.63) is 35.9 Å². The Balaban J connectivity index is 2.29. The highest BCUT2D eigenvalue weighted by Gasteiger charge is 1.96. The lowest BCUT2D eigenvalue weighted by atomic mass is 10.2. The van der Waals surface area contributed by atoms with Crippen molar-refractivity contribution in [2.45, 2.75) is 20.3 Å². The molecule has 1 aromatic carbocycles. The summed E-state index contributed by atoms with van der Waals surface area (Å²) in [5.41, 5.74) is 0.970. The predicted molar refractivity (Wildman–Crippen MR) is 80.8 cm³/mol. The molecule has 4 nitrogen and oxygen atoms in total. The Kier molecular flexibility index (Phi) is 8.15. The summed E-state index contributed by atoms with van der Waals surface area (Å²) >= 11 is 0. The zero-order valence-corrected chi connectivity index (χ0v) is 12.2. The fourth-order valence-corrected chi connectivity index (χ4v) is 1.60. The van der Waals surface area contributed by atoms with Crippen molar-refractivity contribution in [2.75, 3.05) is 26.4 Å². The summed E-state index contributed by atoms with van der Waals surface area (Å²) in [4.78, 5) is 11.6. The van der Waals surface area contributed by atoms with Crippen LogP contribution in [0.5, 0.6) is 5.75 Å². The van der Waals surface area contributed by atoms with Crippen LogP contribution in [-0.4, -0.2) is 32.3 Å². The quantitative estimate of drug-likeness (QED) is 0.557. The predicted octanol–water partition coefficient (Wildman–Crippen LogP) is 2.64. The van der Waals surface area contributed by atoms with Gasteiger partial charge < -0.3 is 14.8 Å². The van der Waals surface area contributed by atoms with Gasteiger partial charge in [-0.2, -0.15) is 0 Å². The molecule has 0 aliphatic carbocycles. The van der Waals surface area contributed by atoms with E-state index in [1.54, 1.807) is 6.08 Å². The van der Waals surface area contributed by atoms with Crippen LogP contribution in [0.1, 0.15) is 25.8 Å². The van der Waals surface area contributed by atoms with Crippen LogP contribution >= 0.6 is 0 Å². The summed E-state index contributed by atoms with van der Waals surface area (Å²) < 4.78 is 10.6. The van der Waals surface area contributed by atoms with E-state index < -0.39 is 0 Å². The molecule has 0 saturated heterocycles. The lowest BCUT2D eigenvalue weighted by molar-refractivity contribution is -0.116. The molecule has 1 N–H and O–H groups in total. The number of ether oxygens (including phenoxy) is 2. The third-order valence-corrected chi connectivity index (χ3v) is 2.59. The van der Waals surface area contributed by atoms with Gasteiger partial charge in [-0.1, -0.05) is 12.1 Å². The molecule has 110 valence electrons. The van der Waals surface area contributed by atoms with Crippen LogP contribution in [0.4, 0.5) is 0 Å². The third kappa shape index (κ3) is 6.95. The Hall–Kier alpha value is -1.81. The van der Waals surface area contributed by atoms with Crippen molar-refractivity contribution in [3.63, 3.8) is 0 Å². The van der Waals surface area contributed by atoms with Gasteiger partial charge in [0.2, 0.25) is 5.91 Å². The number of rotatable bonds is 9. The van der Waals surface area contributed by atoms with Crippen molar-refractivity contribution in [1.82, 2.24) is 5.32 Å². The molecule has 0 radical (unpaired) electrons. The first-order valence-electron chi connectivity index (χ1n) is 7.02. The summed E-state index contributed by atoms with van der Waals surface area (Å²) in [6, 6.07) is 7.63. The fraction of sp³-hybridized carbons (Fsp3) is 0.438. The van der Waals surface area contributed by atoms with E-state index in [4.69, 9.17) is 9.47 Å². The first-order chi connectivity index (χ1) is 9.76. The van der Waals surface area contributed by atoms with E-state index in [0.717, 1.165) is 17.7 Å². The summed E-state index contributed by atoms with van der Waals surface area (Å²) in [5.74, 6) is 0.750. The molecule has 0 heterocycles. The summed E-state index contributed by atoms with van der Waals surface area (Å²) in [6.07, 6.45) is 4.15. The van der Waals surface area contributed by atoms with Crippen LogP contribution in [0.2, 0.25) is 0 Å². The number of hydrogen-bond donors (Lipinski definition) is 1. The van der Waals surface area contributed by atoms with E-state index in [2.05, 4.69) is 5.32 Å². The van der Waals surface area contributed by atoms with E-state index in [1.807, 2.05) is 38.1 Å². The molecule has 0 aromatic heterocycles. The lowest BCUT2D eigenvalue weighted by Gasteiger charge is -2.03.